The zero-order valence-electron chi connectivity index (χ0n) is 11.2. The Labute approximate surface area is 122 Å². The summed E-state index contributed by atoms with van der Waals surface area (Å²) in [5.41, 5.74) is 4.15. The van der Waals surface area contributed by atoms with Crippen LogP contribution in [0.1, 0.15) is 71.1 Å². The van der Waals surface area contributed by atoms with Crippen molar-refractivity contribution in [2.45, 2.75) is 71.1 Å². The third-order valence-corrected chi connectivity index (χ3v) is 2.38. The van der Waals surface area contributed by atoms with Gasteiger partial charge >= 0.3 is 23.1 Å². The first-order chi connectivity index (χ1) is 7.83. The number of hydrogen-bond acceptors (Lipinski definition) is 3. The Morgan fingerprint density at radius 1 is 1.00 bits per heavy atom. The molecule has 0 spiro atoms. The summed E-state index contributed by atoms with van der Waals surface area (Å²) in [6.07, 6.45) is 15.6. The van der Waals surface area contributed by atoms with Gasteiger partial charge in [-0.15, -0.1) is 0 Å². The van der Waals surface area contributed by atoms with Gasteiger partial charge in [0.25, 0.3) is 0 Å². The number of nitriles is 1. The molecule has 0 atom stereocenters. The van der Waals surface area contributed by atoms with E-state index in [0.717, 1.165) is 6.42 Å². The van der Waals surface area contributed by atoms with Crippen molar-refractivity contribution in [3.63, 3.8) is 0 Å². The largest absolute Gasteiger partial charge is 2.00 e. The van der Waals surface area contributed by atoms with E-state index in [-0.39, 0.29) is 23.1 Å². The molecule has 0 bridgehead atoms. The number of carbonyl (C=O) groups excluding carboxylic acids is 1. The molecule has 0 saturated carbocycles. The predicted molar refractivity (Wildman–Crippen MR) is 73.1 cm³/mol. The Morgan fingerprint density at radius 2 is 1.35 bits per heavy atom. The molecule has 0 radical (unpaired) electrons. The van der Waals surface area contributed by atoms with Crippen LogP contribution >= 0.6 is 0 Å². The quantitative estimate of drug-likeness (QED) is 0.213. The van der Waals surface area contributed by atoms with Gasteiger partial charge in [-0.3, -0.25) is 6.29 Å². The third kappa shape index (κ3) is 31.3. The molecule has 0 aromatic rings. The summed E-state index contributed by atoms with van der Waals surface area (Å²) >= 11 is 0. The first kappa shape index (κ1) is 22.0. The van der Waals surface area contributed by atoms with Gasteiger partial charge in [0.15, 0.2) is 6.19 Å². The maximum Gasteiger partial charge on any atom is 2.00 e. The first-order valence-corrected chi connectivity index (χ1v) is 6.28. The van der Waals surface area contributed by atoms with Crippen molar-refractivity contribution in [3.8, 4) is 6.19 Å². The Bertz CT molecular complexity index is 169. The zero-order chi connectivity index (χ0) is 12.5. The van der Waals surface area contributed by atoms with Crippen LogP contribution in [-0.2, 0) is 4.79 Å². The normalized spacial score (nSPS) is 8.24. The molecule has 0 fully saturated rings. The van der Waals surface area contributed by atoms with Crippen LogP contribution in [0.4, 0.5) is 0 Å². The van der Waals surface area contributed by atoms with E-state index in [1.54, 1.807) is 0 Å². The second-order valence-corrected chi connectivity index (χ2v) is 3.85. The van der Waals surface area contributed by atoms with Gasteiger partial charge in [0.1, 0.15) is 0 Å². The number of unbranched alkanes of at least 4 members (excludes halogenated alkanes) is 9. The van der Waals surface area contributed by atoms with Gasteiger partial charge < -0.3 is 10.5 Å². The fraction of sp³-hybridized carbons (Fsp3) is 0.846. The molecule has 0 aliphatic heterocycles. The van der Waals surface area contributed by atoms with E-state index in [4.69, 9.17) is 5.26 Å². The summed E-state index contributed by atoms with van der Waals surface area (Å²) in [6.45, 7) is 2.25. The minimum Gasteiger partial charge on any atom is -0.542 e. The standard InChI is InChI=1S/C12H23O.CH2N2.Mg/c1-2-3-4-5-6-7-8-9-10-11-12-13;2-1-3;/h2-11H2,1H3;2H2;/q-1;;+2. The van der Waals surface area contributed by atoms with Crippen LogP contribution in [-0.4, -0.2) is 29.3 Å². The van der Waals surface area contributed by atoms with Crippen LogP contribution in [0.25, 0.3) is 0 Å². The minimum absolute atomic E-state index is 0. The number of hydrogen-bond donors (Lipinski definition) is 1. The van der Waals surface area contributed by atoms with E-state index < -0.39 is 0 Å². The fourth-order valence-corrected chi connectivity index (χ4v) is 1.51. The van der Waals surface area contributed by atoms with Gasteiger partial charge in [0.2, 0.25) is 0 Å². The molecule has 0 aliphatic carbocycles. The third-order valence-electron chi connectivity index (χ3n) is 2.38. The van der Waals surface area contributed by atoms with Crippen LogP contribution in [0, 0.1) is 11.5 Å². The van der Waals surface area contributed by atoms with Gasteiger partial charge in [0.05, 0.1) is 0 Å². The Balaban J connectivity index is -0.000000440. The molecule has 94 valence electrons. The first-order valence-electron chi connectivity index (χ1n) is 6.28. The Hall–Kier alpha value is -0.274. The van der Waals surface area contributed by atoms with Gasteiger partial charge in [-0.1, -0.05) is 64.7 Å². The average Bonchev–Trinajstić information content (AvgIpc) is 2.28. The van der Waals surface area contributed by atoms with E-state index in [9.17, 15) is 4.79 Å². The molecule has 0 rings (SSSR count). The van der Waals surface area contributed by atoms with Gasteiger partial charge in [-0.05, 0) is 0 Å². The van der Waals surface area contributed by atoms with E-state index in [1.807, 2.05) is 6.29 Å². The molecule has 2 N–H and O–H groups in total. The molecule has 4 heteroatoms. The summed E-state index contributed by atoms with van der Waals surface area (Å²) in [7, 11) is 0. The summed E-state index contributed by atoms with van der Waals surface area (Å²) in [5.74, 6) is 0. The molecule has 0 saturated heterocycles. The van der Waals surface area contributed by atoms with Crippen LogP contribution in [0.5, 0.6) is 0 Å². The van der Waals surface area contributed by atoms with E-state index >= 15 is 0 Å². The predicted octanol–water partition coefficient (Wildman–Crippen LogP) is 3.06. The van der Waals surface area contributed by atoms with Crippen LogP contribution in [0.3, 0.4) is 0 Å². The SMILES string of the molecule is CCCCCCCCCCC[C-]=O.N#CN.[Mg+2]. The van der Waals surface area contributed by atoms with Gasteiger partial charge in [0, 0.05) is 0 Å². The van der Waals surface area contributed by atoms with Crippen LogP contribution in [0.15, 0.2) is 0 Å². The minimum atomic E-state index is 0. The van der Waals surface area contributed by atoms with Gasteiger partial charge in [-0.2, -0.15) is 11.7 Å². The zero-order valence-corrected chi connectivity index (χ0v) is 12.6. The Kier molecular flexibility index (Phi) is 32.0. The maximum absolute atomic E-state index is 9.89. The molecular formula is C13H25MgN2O+. The topological polar surface area (TPSA) is 66.9 Å². The van der Waals surface area contributed by atoms with Gasteiger partial charge in [-0.25, -0.2) is 0 Å². The van der Waals surface area contributed by atoms with Crippen molar-refractivity contribution < 1.29 is 4.79 Å². The molecule has 3 nitrogen and oxygen atoms in total. The molecule has 0 unspecified atom stereocenters. The summed E-state index contributed by atoms with van der Waals surface area (Å²) < 4.78 is 0. The smallest absolute Gasteiger partial charge is 0.542 e. The monoisotopic (exact) mass is 249 g/mol. The summed E-state index contributed by atoms with van der Waals surface area (Å²) in [4.78, 5) is 9.89. The number of rotatable bonds is 10. The van der Waals surface area contributed by atoms with Crippen molar-refractivity contribution in [2.75, 3.05) is 0 Å². The second kappa shape index (κ2) is 24.8. The molecule has 0 heterocycles. The van der Waals surface area contributed by atoms with Crippen molar-refractivity contribution in [1.29, 1.82) is 5.26 Å². The maximum atomic E-state index is 9.89. The molecule has 0 aromatic heterocycles. The van der Waals surface area contributed by atoms with E-state index in [2.05, 4.69) is 12.7 Å². The second-order valence-electron chi connectivity index (χ2n) is 3.85. The molecule has 0 amide bonds. The molecule has 17 heavy (non-hydrogen) atoms. The Morgan fingerprint density at radius 3 is 1.71 bits per heavy atom. The van der Waals surface area contributed by atoms with E-state index in [1.165, 1.54) is 57.6 Å². The van der Waals surface area contributed by atoms with E-state index in [0.29, 0.717) is 6.42 Å². The molecular weight excluding hydrogens is 224 g/mol. The fourth-order valence-electron chi connectivity index (χ4n) is 1.51. The summed E-state index contributed by atoms with van der Waals surface area (Å²) in [6, 6.07) is 0. The number of nitrogens with zero attached hydrogens (tertiary/aromatic N) is 1. The van der Waals surface area contributed by atoms with Crippen LogP contribution < -0.4 is 5.73 Å². The van der Waals surface area contributed by atoms with Crippen molar-refractivity contribution >= 4 is 29.3 Å². The van der Waals surface area contributed by atoms with Crippen LogP contribution in [0.2, 0.25) is 0 Å². The average molecular weight is 250 g/mol. The van der Waals surface area contributed by atoms with Crippen molar-refractivity contribution in [2.24, 2.45) is 5.73 Å². The summed E-state index contributed by atoms with van der Waals surface area (Å²) in [5, 5.41) is 7.10. The molecule has 0 aliphatic rings. The van der Waals surface area contributed by atoms with Crippen molar-refractivity contribution in [1.82, 2.24) is 0 Å². The number of nitrogens with two attached hydrogens (primary N) is 1. The molecule has 0 aromatic carbocycles. The van der Waals surface area contributed by atoms with Crippen molar-refractivity contribution in [3.05, 3.63) is 0 Å².